The van der Waals surface area contributed by atoms with Gasteiger partial charge in [0.1, 0.15) is 37.9 Å². The van der Waals surface area contributed by atoms with Crippen molar-refractivity contribution in [3.63, 3.8) is 0 Å². The Morgan fingerprint density at radius 3 is 0.875 bits per heavy atom. The number of ether oxygens (including phenoxy) is 4. The Kier molecular flexibility index (Phi) is 12.2. The third-order valence-corrected chi connectivity index (χ3v) is 16.1. The number of hydrogen-bond acceptors (Lipinski definition) is 6. The van der Waals surface area contributed by atoms with E-state index < -0.39 is 14.3 Å². The van der Waals surface area contributed by atoms with Gasteiger partial charge in [-0.3, -0.25) is 0 Å². The summed E-state index contributed by atoms with van der Waals surface area (Å²) >= 11 is 0. The molecule has 0 N–H and O–H groups in total. The van der Waals surface area contributed by atoms with Gasteiger partial charge in [-0.05, 0) is 49.2 Å². The second kappa shape index (κ2) is 17.8. The molecule has 282 valence electrons. The predicted molar refractivity (Wildman–Crippen MR) is 230 cm³/mol. The van der Waals surface area contributed by atoms with Crippen LogP contribution in [-0.4, -0.2) is 26.4 Å². The SMILES string of the molecule is Cc1cccc(OCCOc2ccccc2OCCOc2cccc(C)c2P(=O)(c2ccccc2)c2ccccc2)c1P(=O)(c1ccccc1)c1ccccc1. The van der Waals surface area contributed by atoms with Crippen LogP contribution < -0.4 is 50.8 Å². The summed E-state index contributed by atoms with van der Waals surface area (Å²) in [5, 5.41) is 4.35. The van der Waals surface area contributed by atoms with Gasteiger partial charge < -0.3 is 28.1 Å². The lowest BCUT2D eigenvalue weighted by Crippen LogP contribution is -2.28. The van der Waals surface area contributed by atoms with Crippen LogP contribution >= 0.6 is 14.3 Å². The first-order chi connectivity index (χ1) is 27.4. The molecular formula is C48H44O6P2. The van der Waals surface area contributed by atoms with E-state index >= 15 is 9.13 Å². The van der Waals surface area contributed by atoms with Gasteiger partial charge in [0.2, 0.25) is 0 Å². The molecule has 0 amide bonds. The highest BCUT2D eigenvalue weighted by atomic mass is 31.2. The van der Waals surface area contributed by atoms with Crippen molar-refractivity contribution in [1.82, 2.24) is 0 Å². The van der Waals surface area contributed by atoms with Crippen LogP contribution in [0.25, 0.3) is 0 Å². The lowest BCUT2D eigenvalue weighted by atomic mass is 10.2. The molecular weight excluding hydrogens is 734 g/mol. The summed E-state index contributed by atoms with van der Waals surface area (Å²) in [5.74, 6) is 2.25. The minimum Gasteiger partial charge on any atom is -0.489 e. The molecule has 0 fully saturated rings. The fourth-order valence-electron chi connectivity index (χ4n) is 6.97. The van der Waals surface area contributed by atoms with Gasteiger partial charge in [0, 0.05) is 21.2 Å². The second-order valence-electron chi connectivity index (χ2n) is 13.2. The van der Waals surface area contributed by atoms with Crippen LogP contribution in [0.5, 0.6) is 23.0 Å². The molecule has 0 aliphatic carbocycles. The van der Waals surface area contributed by atoms with Crippen molar-refractivity contribution in [1.29, 1.82) is 0 Å². The van der Waals surface area contributed by atoms with Crippen molar-refractivity contribution in [2.75, 3.05) is 26.4 Å². The van der Waals surface area contributed by atoms with Crippen LogP contribution in [-0.2, 0) is 9.13 Å². The summed E-state index contributed by atoms with van der Waals surface area (Å²) < 4.78 is 55.5. The topological polar surface area (TPSA) is 71.1 Å². The number of rotatable bonds is 16. The largest absolute Gasteiger partial charge is 0.489 e. The fourth-order valence-corrected chi connectivity index (χ4v) is 13.0. The van der Waals surface area contributed by atoms with E-state index in [1.54, 1.807) is 0 Å². The molecule has 0 saturated heterocycles. The van der Waals surface area contributed by atoms with Gasteiger partial charge in [-0.1, -0.05) is 158 Å². The summed E-state index contributed by atoms with van der Waals surface area (Å²) in [7, 11) is -6.53. The Hall–Kier alpha value is -5.80. The smallest absolute Gasteiger partial charge is 0.174 e. The van der Waals surface area contributed by atoms with Gasteiger partial charge in [-0.15, -0.1) is 0 Å². The first-order valence-electron chi connectivity index (χ1n) is 18.6. The van der Waals surface area contributed by atoms with Crippen LogP contribution in [0.1, 0.15) is 11.1 Å². The average Bonchev–Trinajstić information content (AvgIpc) is 3.25. The van der Waals surface area contributed by atoms with Gasteiger partial charge in [-0.2, -0.15) is 0 Å². The van der Waals surface area contributed by atoms with E-state index in [1.807, 2.05) is 196 Å². The molecule has 0 bridgehead atoms. The molecule has 8 heteroatoms. The molecule has 7 aromatic rings. The summed E-state index contributed by atoms with van der Waals surface area (Å²) in [5.41, 5.74) is 1.78. The highest BCUT2D eigenvalue weighted by Gasteiger charge is 2.35. The molecule has 0 unspecified atom stereocenters. The van der Waals surface area contributed by atoms with Crippen molar-refractivity contribution in [2.45, 2.75) is 13.8 Å². The van der Waals surface area contributed by atoms with Gasteiger partial charge in [-0.25, -0.2) is 0 Å². The molecule has 0 atom stereocenters. The summed E-state index contributed by atoms with van der Waals surface area (Å²) in [6.45, 7) is 4.84. The van der Waals surface area contributed by atoms with E-state index in [0.29, 0.717) is 33.6 Å². The summed E-state index contributed by atoms with van der Waals surface area (Å²) in [4.78, 5) is 0. The number of para-hydroxylation sites is 2. The maximum absolute atomic E-state index is 15.2. The fraction of sp³-hybridized carbons (Fsp3) is 0.125. The standard InChI is InChI=1S/C48H44O6P2/c1-37-19-17-31-45(47(37)55(49,39-21-7-3-8-22-39)40-23-9-4-10-24-40)53-35-33-51-43-29-15-16-30-44(43)52-34-36-54-46-32-18-20-38(2)48(46)56(50,41-25-11-5-12-26-41)42-27-13-6-14-28-42/h3-32H,33-36H2,1-2H3. The van der Waals surface area contributed by atoms with E-state index in [-0.39, 0.29) is 26.4 Å². The minimum atomic E-state index is -3.26. The monoisotopic (exact) mass is 778 g/mol. The van der Waals surface area contributed by atoms with E-state index in [4.69, 9.17) is 18.9 Å². The van der Waals surface area contributed by atoms with E-state index in [0.717, 1.165) is 32.3 Å². The van der Waals surface area contributed by atoms with E-state index in [1.165, 1.54) is 0 Å². The maximum atomic E-state index is 15.2. The Morgan fingerprint density at radius 1 is 0.321 bits per heavy atom. The summed E-state index contributed by atoms with van der Waals surface area (Å²) in [6.07, 6.45) is 0. The molecule has 7 rings (SSSR count). The van der Waals surface area contributed by atoms with Gasteiger partial charge in [0.05, 0.1) is 10.6 Å². The van der Waals surface area contributed by atoms with Crippen LogP contribution in [0.4, 0.5) is 0 Å². The zero-order valence-electron chi connectivity index (χ0n) is 31.5. The minimum absolute atomic E-state index is 0.219. The quantitative estimate of drug-likeness (QED) is 0.0725. The third-order valence-electron chi connectivity index (χ3n) is 9.56. The van der Waals surface area contributed by atoms with Crippen molar-refractivity contribution >= 4 is 46.1 Å². The molecule has 0 radical (unpaired) electrons. The molecule has 0 spiro atoms. The van der Waals surface area contributed by atoms with Crippen LogP contribution in [0.2, 0.25) is 0 Å². The highest BCUT2D eigenvalue weighted by Crippen LogP contribution is 2.47. The molecule has 0 aliphatic heterocycles. The molecule has 0 saturated carbocycles. The average molecular weight is 779 g/mol. The maximum Gasteiger partial charge on any atom is 0.174 e. The highest BCUT2D eigenvalue weighted by molar-refractivity contribution is 7.86. The van der Waals surface area contributed by atoms with Crippen LogP contribution in [0, 0.1) is 13.8 Å². The van der Waals surface area contributed by atoms with Crippen molar-refractivity contribution in [3.05, 3.63) is 193 Å². The van der Waals surface area contributed by atoms with Gasteiger partial charge >= 0.3 is 0 Å². The first kappa shape index (κ1) is 38.5. The zero-order chi connectivity index (χ0) is 38.8. The molecule has 0 aromatic heterocycles. The van der Waals surface area contributed by atoms with E-state index in [2.05, 4.69) is 0 Å². The predicted octanol–water partition coefficient (Wildman–Crippen LogP) is 8.50. The first-order valence-corrected chi connectivity index (χ1v) is 22.0. The molecule has 56 heavy (non-hydrogen) atoms. The normalized spacial score (nSPS) is 11.5. The van der Waals surface area contributed by atoms with Crippen molar-refractivity contribution < 1.29 is 28.1 Å². The lowest BCUT2D eigenvalue weighted by Gasteiger charge is -2.24. The molecule has 0 heterocycles. The Morgan fingerprint density at radius 2 is 0.571 bits per heavy atom. The number of benzene rings is 7. The van der Waals surface area contributed by atoms with Crippen LogP contribution in [0.15, 0.2) is 182 Å². The Bertz CT molecular complexity index is 2200. The summed E-state index contributed by atoms with van der Waals surface area (Å²) in [6, 6.07) is 57.4. The van der Waals surface area contributed by atoms with Gasteiger partial charge in [0.25, 0.3) is 0 Å². The third kappa shape index (κ3) is 8.09. The molecule has 0 aliphatic rings. The Balaban J connectivity index is 1.03. The van der Waals surface area contributed by atoms with Crippen molar-refractivity contribution in [3.8, 4) is 23.0 Å². The lowest BCUT2D eigenvalue weighted by molar-refractivity contribution is 0.192. The molecule has 6 nitrogen and oxygen atoms in total. The number of aryl methyl sites for hydroxylation is 2. The molecule has 7 aromatic carbocycles. The number of hydrogen-bond donors (Lipinski definition) is 0. The van der Waals surface area contributed by atoms with E-state index in [9.17, 15) is 0 Å². The zero-order valence-corrected chi connectivity index (χ0v) is 33.3. The second-order valence-corrected chi connectivity index (χ2v) is 18.6. The van der Waals surface area contributed by atoms with Crippen LogP contribution in [0.3, 0.4) is 0 Å². The van der Waals surface area contributed by atoms with Gasteiger partial charge in [0.15, 0.2) is 25.8 Å². The Labute approximate surface area is 329 Å². The van der Waals surface area contributed by atoms with Crippen molar-refractivity contribution in [2.24, 2.45) is 0 Å².